The molecule has 10 nitrogen and oxygen atoms in total. The number of morpholine rings is 1. The fraction of sp³-hybridized carbons (Fsp3) is 0.556. The Balaban J connectivity index is 0.000000409. The molecule has 1 aromatic carbocycles. The number of nitro benzene ring substituents is 1. The van der Waals surface area contributed by atoms with Crippen LogP contribution in [-0.4, -0.2) is 72.3 Å². The minimum absolute atomic E-state index is 0.195. The van der Waals surface area contributed by atoms with Crippen LogP contribution in [0.1, 0.15) is 18.4 Å². The molecule has 10 heteroatoms. The molecule has 0 amide bonds. The van der Waals surface area contributed by atoms with E-state index in [1.54, 1.807) is 18.2 Å². The fourth-order valence-corrected chi connectivity index (χ4v) is 3.56. The van der Waals surface area contributed by atoms with Crippen LogP contribution in [0.15, 0.2) is 24.3 Å². The Kier molecular flexibility index (Phi) is 8.30. The summed E-state index contributed by atoms with van der Waals surface area (Å²) in [5.74, 6) is -4.01. The van der Waals surface area contributed by atoms with Crippen LogP contribution in [0.4, 0.5) is 5.69 Å². The van der Waals surface area contributed by atoms with Gasteiger partial charge in [0.25, 0.3) is 5.69 Å². The van der Waals surface area contributed by atoms with E-state index in [0.29, 0.717) is 6.04 Å². The molecule has 0 atom stereocenters. The molecule has 1 aromatic rings. The van der Waals surface area contributed by atoms with E-state index < -0.39 is 11.9 Å². The predicted octanol–water partition coefficient (Wildman–Crippen LogP) is -1.70. The summed E-state index contributed by atoms with van der Waals surface area (Å²) in [5.41, 5.74) is 1.26. The molecule has 2 fully saturated rings. The van der Waals surface area contributed by atoms with Crippen LogP contribution < -0.4 is 10.0 Å². The molecule has 2 heterocycles. The second-order valence-electron chi connectivity index (χ2n) is 6.83. The van der Waals surface area contributed by atoms with Gasteiger partial charge in [-0.15, -0.1) is 0 Å². The molecule has 2 N–H and O–H groups in total. The summed E-state index contributed by atoms with van der Waals surface area (Å²) in [6, 6.07) is 7.74. The molecule has 0 aromatic heterocycles. The number of carbonyl (C=O) groups excluding carboxylic acids is 1. The minimum Gasteiger partial charge on any atom is -0.539 e. The number of carbonyl (C=O) groups is 2. The van der Waals surface area contributed by atoms with Gasteiger partial charge in [-0.25, -0.2) is 4.79 Å². The third kappa shape index (κ3) is 6.87. The molecular formula is C18H25N3O7. The van der Waals surface area contributed by atoms with Crippen molar-refractivity contribution in [2.24, 2.45) is 0 Å². The van der Waals surface area contributed by atoms with Crippen LogP contribution in [0.5, 0.6) is 0 Å². The normalized spacial score (nSPS) is 22.6. The quantitative estimate of drug-likeness (QED) is 0.349. The summed E-state index contributed by atoms with van der Waals surface area (Å²) in [5, 5.41) is 27.2. The first-order valence-corrected chi connectivity index (χ1v) is 9.19. The number of non-ortho nitro benzene ring substituents is 1. The number of nitrogens with one attached hydrogen (secondary N) is 1. The van der Waals surface area contributed by atoms with Crippen molar-refractivity contribution in [3.05, 3.63) is 39.9 Å². The highest BCUT2D eigenvalue weighted by molar-refractivity contribution is 6.26. The number of hydrogen-bond acceptors (Lipinski definition) is 7. The van der Waals surface area contributed by atoms with Crippen LogP contribution in [0.2, 0.25) is 0 Å². The zero-order valence-electron chi connectivity index (χ0n) is 15.5. The van der Waals surface area contributed by atoms with Gasteiger partial charge < -0.3 is 24.6 Å². The number of hydrogen-bond donors (Lipinski definition) is 2. The monoisotopic (exact) mass is 395 g/mol. The van der Waals surface area contributed by atoms with Gasteiger partial charge in [-0.2, -0.15) is 0 Å². The van der Waals surface area contributed by atoms with Crippen molar-refractivity contribution in [1.82, 2.24) is 4.90 Å². The molecule has 2 aliphatic heterocycles. The Labute approximate surface area is 162 Å². The molecule has 2 aliphatic rings. The van der Waals surface area contributed by atoms with Gasteiger partial charge in [0.1, 0.15) is 6.54 Å². The molecule has 0 saturated carbocycles. The molecule has 0 bridgehead atoms. The average molecular weight is 395 g/mol. The van der Waals surface area contributed by atoms with Crippen molar-refractivity contribution in [3.8, 4) is 0 Å². The fourth-order valence-electron chi connectivity index (χ4n) is 3.56. The van der Waals surface area contributed by atoms with Crippen molar-refractivity contribution < 1.29 is 34.4 Å². The molecule has 0 unspecified atom stereocenters. The summed E-state index contributed by atoms with van der Waals surface area (Å²) in [7, 11) is 0. The van der Waals surface area contributed by atoms with Crippen molar-refractivity contribution in [2.75, 3.05) is 39.4 Å². The van der Waals surface area contributed by atoms with E-state index in [1.165, 1.54) is 17.7 Å². The van der Waals surface area contributed by atoms with Gasteiger partial charge in [-0.1, -0.05) is 12.1 Å². The maximum atomic E-state index is 10.8. The van der Waals surface area contributed by atoms with Crippen LogP contribution in [0.25, 0.3) is 0 Å². The lowest BCUT2D eigenvalue weighted by atomic mass is 10.0. The zero-order chi connectivity index (χ0) is 20.5. The van der Waals surface area contributed by atoms with E-state index in [9.17, 15) is 10.1 Å². The Bertz CT molecular complexity index is 672. The highest BCUT2D eigenvalue weighted by atomic mass is 16.6. The SMILES string of the molecule is O=C([O-])C(=O)O.O=[N+]([O-])c1cccc(C[NH+]2CCC(N3CCOCC3)CC2)c1. The molecule has 28 heavy (non-hydrogen) atoms. The number of nitrogens with zero attached hydrogens (tertiary/aromatic N) is 2. The van der Waals surface area contributed by atoms with Crippen molar-refractivity contribution in [1.29, 1.82) is 0 Å². The second kappa shape index (κ2) is 10.7. The summed E-state index contributed by atoms with van der Waals surface area (Å²) in [6.07, 6.45) is 2.43. The largest absolute Gasteiger partial charge is 0.539 e. The highest BCUT2D eigenvalue weighted by Gasteiger charge is 2.28. The van der Waals surface area contributed by atoms with Gasteiger partial charge in [-0.05, 0) is 0 Å². The predicted molar refractivity (Wildman–Crippen MR) is 95.6 cm³/mol. The van der Waals surface area contributed by atoms with Gasteiger partial charge in [0.15, 0.2) is 5.97 Å². The summed E-state index contributed by atoms with van der Waals surface area (Å²) in [4.78, 5) is 32.7. The van der Waals surface area contributed by atoms with Crippen molar-refractivity contribution in [2.45, 2.75) is 25.4 Å². The number of likely N-dealkylation sites (tertiary alicyclic amines) is 1. The summed E-state index contributed by atoms with van der Waals surface area (Å²) < 4.78 is 5.42. The smallest absolute Gasteiger partial charge is 0.351 e. The topological polar surface area (TPSA) is 137 Å². The number of aliphatic carboxylic acids is 2. The van der Waals surface area contributed by atoms with E-state index in [0.717, 1.165) is 51.5 Å². The van der Waals surface area contributed by atoms with Crippen LogP contribution >= 0.6 is 0 Å². The number of rotatable bonds is 4. The molecule has 3 rings (SSSR count). The highest BCUT2D eigenvalue weighted by Crippen LogP contribution is 2.14. The Morgan fingerprint density at radius 3 is 2.39 bits per heavy atom. The van der Waals surface area contributed by atoms with E-state index in [1.807, 2.05) is 6.07 Å². The first-order valence-electron chi connectivity index (χ1n) is 9.19. The molecule has 154 valence electrons. The average Bonchev–Trinajstić information content (AvgIpc) is 2.70. The van der Waals surface area contributed by atoms with Crippen LogP contribution in [-0.2, 0) is 20.9 Å². The lowest BCUT2D eigenvalue weighted by Crippen LogP contribution is -3.12. The third-order valence-corrected chi connectivity index (χ3v) is 4.97. The van der Waals surface area contributed by atoms with Gasteiger partial charge in [0, 0.05) is 49.7 Å². The van der Waals surface area contributed by atoms with E-state index in [4.69, 9.17) is 24.5 Å². The van der Waals surface area contributed by atoms with Gasteiger partial charge in [0.05, 0.1) is 31.2 Å². The van der Waals surface area contributed by atoms with E-state index in [2.05, 4.69) is 4.90 Å². The third-order valence-electron chi connectivity index (χ3n) is 4.97. The molecular weight excluding hydrogens is 370 g/mol. The Morgan fingerprint density at radius 2 is 1.86 bits per heavy atom. The van der Waals surface area contributed by atoms with Crippen molar-refractivity contribution >= 4 is 17.6 Å². The number of piperidine rings is 1. The minimum atomic E-state index is -2.07. The maximum absolute atomic E-state index is 10.8. The Morgan fingerprint density at radius 1 is 1.25 bits per heavy atom. The number of carboxylic acid groups (broad SMARTS) is 2. The Hall–Kier alpha value is -2.56. The van der Waals surface area contributed by atoms with E-state index >= 15 is 0 Å². The number of carboxylic acids is 2. The zero-order valence-corrected chi connectivity index (χ0v) is 15.5. The van der Waals surface area contributed by atoms with E-state index in [-0.39, 0.29) is 10.6 Å². The van der Waals surface area contributed by atoms with Crippen molar-refractivity contribution in [3.63, 3.8) is 0 Å². The molecule has 0 aliphatic carbocycles. The number of ether oxygens (including phenoxy) is 1. The molecule has 2 saturated heterocycles. The molecule has 0 spiro atoms. The summed E-state index contributed by atoms with van der Waals surface area (Å²) in [6.45, 7) is 7.02. The maximum Gasteiger partial charge on any atom is 0.351 e. The number of benzene rings is 1. The van der Waals surface area contributed by atoms with Gasteiger partial charge in [-0.3, -0.25) is 15.0 Å². The van der Waals surface area contributed by atoms with Gasteiger partial charge in [0.2, 0.25) is 0 Å². The summed E-state index contributed by atoms with van der Waals surface area (Å²) >= 11 is 0. The second-order valence-corrected chi connectivity index (χ2v) is 6.83. The number of quaternary nitrogens is 1. The lowest BCUT2D eigenvalue weighted by molar-refractivity contribution is -0.919. The lowest BCUT2D eigenvalue weighted by Gasteiger charge is -2.38. The van der Waals surface area contributed by atoms with Crippen LogP contribution in [0, 0.1) is 10.1 Å². The number of nitro groups is 1. The molecule has 0 radical (unpaired) electrons. The standard InChI is InChI=1S/C16H23N3O3.C2H2O4/c20-19(21)16-3-1-2-14(12-16)13-17-6-4-15(5-7-17)18-8-10-22-11-9-18;3-1(4)2(5)6/h1-3,12,15H,4-11,13H2;(H,3,4)(H,5,6). The first kappa shape index (κ1) is 21.7. The van der Waals surface area contributed by atoms with Gasteiger partial charge >= 0.3 is 5.97 Å². The van der Waals surface area contributed by atoms with Crippen LogP contribution in [0.3, 0.4) is 0 Å². The first-order chi connectivity index (χ1) is 13.4.